The van der Waals surface area contributed by atoms with Gasteiger partial charge in [0.25, 0.3) is 0 Å². The Hall–Kier alpha value is -1.50. The Bertz CT molecular complexity index is 603. The van der Waals surface area contributed by atoms with E-state index in [1.54, 1.807) is 6.92 Å². The minimum absolute atomic E-state index is 0.0747. The van der Waals surface area contributed by atoms with Crippen LogP contribution in [0.4, 0.5) is 17.6 Å². The van der Waals surface area contributed by atoms with Crippen molar-refractivity contribution in [3.63, 3.8) is 0 Å². The second-order valence-electron chi connectivity index (χ2n) is 3.54. The average molecular weight is 262 g/mol. The van der Waals surface area contributed by atoms with Crippen LogP contribution in [0.3, 0.4) is 0 Å². The molecule has 17 heavy (non-hydrogen) atoms. The molecule has 0 aliphatic carbocycles. The molecule has 90 valence electrons. The van der Waals surface area contributed by atoms with Gasteiger partial charge in [-0.25, -0.2) is 9.37 Å². The van der Waals surface area contributed by atoms with Gasteiger partial charge in [-0.15, -0.1) is 0 Å². The third-order valence-electron chi connectivity index (χ3n) is 2.24. The Morgan fingerprint density at radius 3 is 2.53 bits per heavy atom. The summed E-state index contributed by atoms with van der Waals surface area (Å²) in [5.41, 5.74) is -0.586. The summed E-state index contributed by atoms with van der Waals surface area (Å²) in [6.07, 6.45) is -4.79. The Labute approximate surface area is 98.7 Å². The van der Waals surface area contributed by atoms with Gasteiger partial charge in [-0.1, -0.05) is 12.2 Å². The molecule has 0 aromatic heterocycles. The fourth-order valence-electron chi connectivity index (χ4n) is 1.42. The summed E-state index contributed by atoms with van der Waals surface area (Å²) in [4.78, 5) is 5.71. The highest BCUT2D eigenvalue weighted by molar-refractivity contribution is 7.71. The number of rotatable bonds is 0. The predicted octanol–water partition coefficient (Wildman–Crippen LogP) is 3.71. The van der Waals surface area contributed by atoms with E-state index in [1.165, 1.54) is 6.07 Å². The van der Waals surface area contributed by atoms with Gasteiger partial charge < -0.3 is 4.98 Å². The number of H-pyrrole nitrogens is 1. The first-order valence-electron chi connectivity index (χ1n) is 4.56. The summed E-state index contributed by atoms with van der Waals surface area (Å²) in [5, 5.41) is 0. The molecule has 0 bridgehead atoms. The minimum Gasteiger partial charge on any atom is -0.333 e. The highest BCUT2D eigenvalue weighted by atomic mass is 32.1. The highest BCUT2D eigenvalue weighted by Crippen LogP contribution is 2.32. The third-order valence-corrected chi connectivity index (χ3v) is 2.66. The van der Waals surface area contributed by atoms with Crippen LogP contribution in [0, 0.1) is 17.4 Å². The van der Waals surface area contributed by atoms with Gasteiger partial charge in [0.2, 0.25) is 0 Å². The number of halogens is 4. The Morgan fingerprint density at radius 2 is 1.94 bits per heavy atom. The minimum atomic E-state index is -4.79. The van der Waals surface area contributed by atoms with Gasteiger partial charge in [0.1, 0.15) is 10.5 Å². The van der Waals surface area contributed by atoms with Crippen molar-refractivity contribution in [1.29, 1.82) is 0 Å². The largest absolute Gasteiger partial charge is 0.434 e. The molecule has 2 heterocycles. The second-order valence-corrected chi connectivity index (χ2v) is 3.92. The van der Waals surface area contributed by atoms with Gasteiger partial charge >= 0.3 is 6.18 Å². The molecule has 0 fully saturated rings. The van der Waals surface area contributed by atoms with Crippen LogP contribution >= 0.6 is 12.2 Å². The number of nitrogens with one attached hydrogen (secondary N) is 1. The van der Waals surface area contributed by atoms with Crippen LogP contribution in [0.15, 0.2) is 12.1 Å². The number of aromatic nitrogens is 2. The number of aryl methyl sites for hydroxylation is 1. The van der Waals surface area contributed by atoms with E-state index in [2.05, 4.69) is 4.98 Å². The Morgan fingerprint density at radius 1 is 1.29 bits per heavy atom. The fraction of sp³-hybridized carbons (Fsp3) is 0.200. The Kier molecular flexibility index (Phi) is 2.65. The van der Waals surface area contributed by atoms with Gasteiger partial charge in [0.05, 0.1) is 0 Å². The van der Waals surface area contributed by atoms with Gasteiger partial charge in [-0.05, 0) is 24.6 Å². The zero-order valence-electron chi connectivity index (χ0n) is 8.52. The summed E-state index contributed by atoms with van der Waals surface area (Å²) < 4.78 is 50.7. The molecule has 0 saturated carbocycles. The predicted molar refractivity (Wildman–Crippen MR) is 55.7 cm³/mol. The molecule has 2 nitrogen and oxygen atoms in total. The van der Waals surface area contributed by atoms with Crippen molar-refractivity contribution >= 4 is 12.2 Å². The van der Waals surface area contributed by atoms with Crippen molar-refractivity contribution in [2.45, 2.75) is 13.1 Å². The van der Waals surface area contributed by atoms with Crippen molar-refractivity contribution in [2.75, 3.05) is 0 Å². The van der Waals surface area contributed by atoms with Gasteiger partial charge in [-0.3, -0.25) is 0 Å². The van der Waals surface area contributed by atoms with Crippen LogP contribution < -0.4 is 0 Å². The molecule has 2 aliphatic rings. The van der Waals surface area contributed by atoms with E-state index < -0.39 is 17.7 Å². The number of fused-ring (bicyclic) bond motifs is 1. The van der Waals surface area contributed by atoms with E-state index in [9.17, 15) is 17.6 Å². The molecule has 2 rings (SSSR count). The van der Waals surface area contributed by atoms with E-state index in [4.69, 9.17) is 12.2 Å². The van der Waals surface area contributed by atoms with E-state index in [0.717, 1.165) is 6.07 Å². The molecular formula is C10H6F4N2S. The molecule has 0 amide bonds. The fourth-order valence-corrected chi connectivity index (χ4v) is 1.57. The maximum Gasteiger partial charge on any atom is 0.434 e. The smallest absolute Gasteiger partial charge is 0.333 e. The number of aromatic amines is 1. The summed E-state index contributed by atoms with van der Waals surface area (Å²) in [6, 6.07) is 2.29. The van der Waals surface area contributed by atoms with Crippen LogP contribution in [-0.2, 0) is 6.18 Å². The average Bonchev–Trinajstić information content (AvgIpc) is 2.18. The van der Waals surface area contributed by atoms with E-state index in [1.807, 2.05) is 4.98 Å². The molecule has 0 spiro atoms. The molecule has 7 heteroatoms. The van der Waals surface area contributed by atoms with E-state index >= 15 is 0 Å². The summed E-state index contributed by atoms with van der Waals surface area (Å²) in [6.45, 7) is 1.66. The van der Waals surface area contributed by atoms with Crippen molar-refractivity contribution < 1.29 is 17.6 Å². The molecule has 0 saturated heterocycles. The quantitative estimate of drug-likeness (QED) is 0.579. The molecular weight excluding hydrogens is 256 g/mol. The number of hydrogen-bond acceptors (Lipinski definition) is 2. The number of hydrogen-bond donors (Lipinski definition) is 1. The van der Waals surface area contributed by atoms with Crippen LogP contribution in [-0.4, -0.2) is 9.97 Å². The van der Waals surface area contributed by atoms with Crippen molar-refractivity contribution in [3.8, 4) is 11.4 Å². The maximum atomic E-state index is 13.2. The molecule has 0 aromatic rings. The monoisotopic (exact) mass is 262 g/mol. The summed E-state index contributed by atoms with van der Waals surface area (Å²) in [5.74, 6) is -1.43. The highest BCUT2D eigenvalue weighted by Gasteiger charge is 2.36. The van der Waals surface area contributed by atoms with Crippen molar-refractivity contribution in [2.24, 2.45) is 0 Å². The molecule has 0 radical (unpaired) electrons. The Balaban J connectivity index is 2.78. The first kappa shape index (κ1) is 12.0. The lowest BCUT2D eigenvalue weighted by Crippen LogP contribution is -2.13. The SMILES string of the molecule is Cc1cc2cc(F)c(C(F)(F)F)[nH]c-2nc1=S. The molecule has 1 N–H and O–H groups in total. The van der Waals surface area contributed by atoms with E-state index in [-0.39, 0.29) is 16.0 Å². The molecule has 2 aliphatic heterocycles. The van der Waals surface area contributed by atoms with Crippen LogP contribution in [0.25, 0.3) is 11.4 Å². The third kappa shape index (κ3) is 2.14. The topological polar surface area (TPSA) is 28.7 Å². The zero-order chi connectivity index (χ0) is 12.8. The van der Waals surface area contributed by atoms with Gasteiger partial charge in [-0.2, -0.15) is 13.2 Å². The lowest BCUT2D eigenvalue weighted by atomic mass is 10.1. The molecule has 0 atom stereocenters. The number of nitrogens with zero attached hydrogens (tertiary/aromatic N) is 1. The standard InChI is InChI=1S/C10H6F4N2S/c1-4-2-5-3-6(11)7(10(12,13)14)15-8(5)16-9(4)17/h2-3H,1H3,(H,15,16,17). The van der Waals surface area contributed by atoms with Gasteiger partial charge in [0.15, 0.2) is 11.5 Å². The summed E-state index contributed by atoms with van der Waals surface area (Å²) >= 11 is 4.84. The lowest BCUT2D eigenvalue weighted by molar-refractivity contribution is -0.143. The van der Waals surface area contributed by atoms with Gasteiger partial charge in [0, 0.05) is 5.56 Å². The maximum absolute atomic E-state index is 13.2. The van der Waals surface area contributed by atoms with Crippen LogP contribution in [0.5, 0.6) is 0 Å². The molecule has 0 aromatic carbocycles. The first-order chi connectivity index (χ1) is 7.79. The van der Waals surface area contributed by atoms with Crippen molar-refractivity contribution in [3.05, 3.63) is 33.8 Å². The van der Waals surface area contributed by atoms with Crippen molar-refractivity contribution in [1.82, 2.24) is 9.97 Å². The zero-order valence-corrected chi connectivity index (χ0v) is 9.34. The second kappa shape index (κ2) is 3.76. The number of pyridine rings is 2. The number of alkyl halides is 3. The normalized spacial score (nSPS) is 12.1. The first-order valence-corrected chi connectivity index (χ1v) is 4.97. The van der Waals surface area contributed by atoms with Crippen LogP contribution in [0.2, 0.25) is 0 Å². The summed E-state index contributed by atoms with van der Waals surface area (Å²) in [7, 11) is 0. The van der Waals surface area contributed by atoms with Crippen LogP contribution in [0.1, 0.15) is 11.3 Å². The van der Waals surface area contributed by atoms with E-state index in [0.29, 0.717) is 5.56 Å². The molecule has 0 unspecified atom stereocenters. The lowest BCUT2D eigenvalue weighted by Gasteiger charge is -2.12.